The molecule has 30 heavy (non-hydrogen) atoms. The SMILES string of the molecule is CCOc1ccccc1-c1n[nH]c(=S)n1/N=C\c1cc(C)n(C[C@@H]2CCCO2)c1C. The number of rotatable bonds is 7. The Morgan fingerprint density at radius 3 is 2.97 bits per heavy atom. The molecule has 7 nitrogen and oxygen atoms in total. The molecule has 8 heteroatoms. The molecular formula is C22H27N5O2S. The first-order valence-electron chi connectivity index (χ1n) is 10.3. The van der Waals surface area contributed by atoms with Crippen LogP contribution in [0.2, 0.25) is 0 Å². The highest BCUT2D eigenvalue weighted by Gasteiger charge is 2.19. The van der Waals surface area contributed by atoms with Gasteiger partial charge in [0.25, 0.3) is 0 Å². The van der Waals surface area contributed by atoms with E-state index in [0.717, 1.165) is 48.6 Å². The first-order valence-corrected chi connectivity index (χ1v) is 10.7. The minimum absolute atomic E-state index is 0.295. The summed E-state index contributed by atoms with van der Waals surface area (Å²) in [7, 11) is 0. The van der Waals surface area contributed by atoms with Gasteiger partial charge in [0.1, 0.15) is 5.75 Å². The van der Waals surface area contributed by atoms with Crippen LogP contribution in [0.5, 0.6) is 5.75 Å². The maximum Gasteiger partial charge on any atom is 0.216 e. The number of H-pyrrole nitrogens is 1. The molecule has 0 spiro atoms. The first-order chi connectivity index (χ1) is 14.6. The zero-order valence-corrected chi connectivity index (χ0v) is 18.4. The minimum Gasteiger partial charge on any atom is -0.493 e. The lowest BCUT2D eigenvalue weighted by Gasteiger charge is -2.14. The molecule has 0 radical (unpaired) electrons. The Bertz CT molecular complexity index is 1110. The lowest BCUT2D eigenvalue weighted by Crippen LogP contribution is -2.16. The molecule has 4 rings (SSSR count). The van der Waals surface area contributed by atoms with Gasteiger partial charge in [0.2, 0.25) is 4.77 Å². The number of ether oxygens (including phenoxy) is 2. The van der Waals surface area contributed by atoms with Crippen LogP contribution in [0.3, 0.4) is 0 Å². The van der Waals surface area contributed by atoms with Crippen LogP contribution in [0.4, 0.5) is 0 Å². The fourth-order valence-corrected chi connectivity index (χ4v) is 4.04. The van der Waals surface area contributed by atoms with Gasteiger partial charge in [0.15, 0.2) is 5.82 Å². The normalized spacial score (nSPS) is 16.6. The average molecular weight is 426 g/mol. The summed E-state index contributed by atoms with van der Waals surface area (Å²) in [6.07, 6.45) is 4.40. The van der Waals surface area contributed by atoms with E-state index in [1.807, 2.05) is 37.4 Å². The molecule has 1 fully saturated rings. The molecule has 0 amide bonds. The van der Waals surface area contributed by atoms with E-state index in [1.54, 1.807) is 4.68 Å². The number of hydrogen-bond acceptors (Lipinski definition) is 5. The average Bonchev–Trinajstić information content (AvgIpc) is 3.44. The maximum atomic E-state index is 5.81. The van der Waals surface area contributed by atoms with Gasteiger partial charge in [0.05, 0.1) is 24.5 Å². The fraction of sp³-hybridized carbons (Fsp3) is 0.409. The summed E-state index contributed by atoms with van der Waals surface area (Å²) in [6.45, 7) is 8.50. The molecule has 0 saturated carbocycles. The summed E-state index contributed by atoms with van der Waals surface area (Å²) in [6, 6.07) is 9.90. The van der Waals surface area contributed by atoms with Crippen LogP contribution in [-0.4, -0.2) is 45.0 Å². The molecule has 2 aromatic heterocycles. The number of hydrogen-bond donors (Lipinski definition) is 1. The molecule has 158 valence electrons. The summed E-state index contributed by atoms with van der Waals surface area (Å²) in [4.78, 5) is 0. The van der Waals surface area contributed by atoms with Gasteiger partial charge in [0, 0.05) is 30.1 Å². The van der Waals surface area contributed by atoms with Crippen LogP contribution in [0, 0.1) is 18.6 Å². The number of aryl methyl sites for hydroxylation is 1. The molecule has 1 saturated heterocycles. The number of aromatic nitrogens is 4. The number of nitrogens with zero attached hydrogens (tertiary/aromatic N) is 4. The summed E-state index contributed by atoms with van der Waals surface area (Å²) >= 11 is 5.42. The molecule has 1 N–H and O–H groups in total. The summed E-state index contributed by atoms with van der Waals surface area (Å²) < 4.78 is 15.9. The van der Waals surface area contributed by atoms with Gasteiger partial charge in [-0.1, -0.05) is 12.1 Å². The maximum absolute atomic E-state index is 5.81. The van der Waals surface area contributed by atoms with E-state index < -0.39 is 0 Å². The lowest BCUT2D eigenvalue weighted by atomic mass is 10.2. The van der Waals surface area contributed by atoms with E-state index in [9.17, 15) is 0 Å². The Kier molecular flexibility index (Phi) is 6.15. The van der Waals surface area contributed by atoms with E-state index in [0.29, 0.717) is 23.3 Å². The second-order valence-electron chi connectivity index (χ2n) is 7.41. The van der Waals surface area contributed by atoms with Crippen molar-refractivity contribution in [3.63, 3.8) is 0 Å². The lowest BCUT2D eigenvalue weighted by molar-refractivity contribution is 0.0962. The quantitative estimate of drug-likeness (QED) is 0.447. The van der Waals surface area contributed by atoms with Crippen molar-refractivity contribution in [1.82, 2.24) is 19.4 Å². The second-order valence-corrected chi connectivity index (χ2v) is 7.80. The van der Waals surface area contributed by atoms with Gasteiger partial charge >= 0.3 is 0 Å². The zero-order valence-electron chi connectivity index (χ0n) is 17.6. The third kappa shape index (κ3) is 4.11. The third-order valence-corrected chi connectivity index (χ3v) is 5.68. The van der Waals surface area contributed by atoms with E-state index in [2.05, 4.69) is 39.8 Å². The van der Waals surface area contributed by atoms with E-state index in [1.165, 1.54) is 5.69 Å². The predicted molar refractivity (Wildman–Crippen MR) is 120 cm³/mol. The Morgan fingerprint density at radius 1 is 1.37 bits per heavy atom. The summed E-state index contributed by atoms with van der Waals surface area (Å²) in [5.41, 5.74) is 4.26. The van der Waals surface area contributed by atoms with Gasteiger partial charge in [-0.3, -0.25) is 0 Å². The molecule has 3 aromatic rings. The Hall–Kier alpha value is -2.71. The van der Waals surface area contributed by atoms with Crippen LogP contribution < -0.4 is 4.74 Å². The molecule has 0 aliphatic carbocycles. The zero-order chi connectivity index (χ0) is 21.1. The monoisotopic (exact) mass is 425 g/mol. The van der Waals surface area contributed by atoms with Gasteiger partial charge in [-0.15, -0.1) is 0 Å². The standard InChI is InChI=1S/C22H27N5O2S/c1-4-28-20-10-6-5-9-19(20)21-24-25-22(30)27(21)23-13-17-12-15(2)26(16(17)3)14-18-8-7-11-29-18/h5-6,9-10,12-13,18H,4,7-8,11,14H2,1-3H3,(H,25,30)/b23-13-/t18-/m0/s1. The van der Waals surface area contributed by atoms with Crippen LogP contribution in [-0.2, 0) is 11.3 Å². The van der Waals surface area contributed by atoms with Crippen molar-refractivity contribution in [3.05, 3.63) is 52.1 Å². The Labute approximate surface area is 181 Å². The summed E-state index contributed by atoms with van der Waals surface area (Å²) in [5.74, 6) is 1.37. The molecular weight excluding hydrogens is 398 g/mol. The van der Waals surface area contributed by atoms with Gasteiger partial charge in [-0.05, 0) is 64.0 Å². The topological polar surface area (TPSA) is 69.4 Å². The highest BCUT2D eigenvalue weighted by molar-refractivity contribution is 7.71. The van der Waals surface area contributed by atoms with Crippen molar-refractivity contribution in [2.24, 2.45) is 5.10 Å². The molecule has 1 aliphatic rings. The van der Waals surface area contributed by atoms with Gasteiger partial charge in [-0.25, -0.2) is 5.10 Å². The number of nitrogens with one attached hydrogen (secondary N) is 1. The first kappa shape index (κ1) is 20.6. The van der Waals surface area contributed by atoms with E-state index in [-0.39, 0.29) is 0 Å². The van der Waals surface area contributed by atoms with Crippen LogP contribution in [0.15, 0.2) is 35.4 Å². The minimum atomic E-state index is 0.295. The van der Waals surface area contributed by atoms with Crippen molar-refractivity contribution in [2.45, 2.75) is 46.3 Å². The van der Waals surface area contributed by atoms with Crippen LogP contribution in [0.1, 0.15) is 36.7 Å². The highest BCUT2D eigenvalue weighted by Crippen LogP contribution is 2.28. The highest BCUT2D eigenvalue weighted by atomic mass is 32.1. The van der Waals surface area contributed by atoms with Gasteiger partial charge < -0.3 is 14.0 Å². The fourth-order valence-electron chi connectivity index (χ4n) is 3.86. The molecule has 1 aromatic carbocycles. The van der Waals surface area contributed by atoms with Crippen molar-refractivity contribution in [3.8, 4) is 17.1 Å². The predicted octanol–water partition coefficient (Wildman–Crippen LogP) is 4.49. The summed E-state index contributed by atoms with van der Waals surface area (Å²) in [5, 5.41) is 11.9. The van der Waals surface area contributed by atoms with Crippen LogP contribution in [0.25, 0.3) is 11.4 Å². The molecule has 1 atom stereocenters. The Morgan fingerprint density at radius 2 is 2.20 bits per heavy atom. The van der Waals surface area contributed by atoms with Gasteiger partial charge in [-0.2, -0.15) is 14.9 Å². The number of aromatic amines is 1. The van der Waals surface area contributed by atoms with E-state index in [4.69, 9.17) is 21.7 Å². The Balaban J connectivity index is 1.65. The van der Waals surface area contributed by atoms with Crippen molar-refractivity contribution in [1.29, 1.82) is 0 Å². The van der Waals surface area contributed by atoms with Crippen molar-refractivity contribution >= 4 is 18.4 Å². The molecule has 0 unspecified atom stereocenters. The van der Waals surface area contributed by atoms with Crippen LogP contribution >= 0.6 is 12.2 Å². The smallest absolute Gasteiger partial charge is 0.216 e. The number of benzene rings is 1. The molecule has 3 heterocycles. The molecule has 1 aliphatic heterocycles. The largest absolute Gasteiger partial charge is 0.493 e. The van der Waals surface area contributed by atoms with E-state index >= 15 is 0 Å². The second kappa shape index (κ2) is 8.97. The third-order valence-electron chi connectivity index (χ3n) is 5.41. The molecule has 0 bridgehead atoms. The van der Waals surface area contributed by atoms with Crippen molar-refractivity contribution < 1.29 is 9.47 Å². The number of para-hydroxylation sites is 1. The van der Waals surface area contributed by atoms with Crippen molar-refractivity contribution in [2.75, 3.05) is 13.2 Å².